The average Bonchev–Trinajstić information content (AvgIpc) is 2.90. The third-order valence-corrected chi connectivity index (χ3v) is 5.07. The van der Waals surface area contributed by atoms with Gasteiger partial charge in [0, 0.05) is 11.6 Å². The summed E-state index contributed by atoms with van der Waals surface area (Å²) < 4.78 is 1.52. The average molecular weight is 356 g/mol. The van der Waals surface area contributed by atoms with Crippen molar-refractivity contribution in [2.75, 3.05) is 11.1 Å². The lowest BCUT2D eigenvalue weighted by molar-refractivity contribution is 0.0876. The Balaban J connectivity index is 1.87. The lowest BCUT2D eigenvalue weighted by atomic mass is 9.89. The van der Waals surface area contributed by atoms with Gasteiger partial charge in [-0.25, -0.2) is 9.97 Å². The van der Waals surface area contributed by atoms with Gasteiger partial charge in [-0.2, -0.15) is 0 Å². The Bertz CT molecular complexity index is 933. The maximum Gasteiger partial charge on any atom is 0.276 e. The summed E-state index contributed by atoms with van der Waals surface area (Å²) in [5.74, 6) is 0.326. The molecule has 136 valence electrons. The van der Waals surface area contributed by atoms with E-state index in [4.69, 9.17) is 5.73 Å². The van der Waals surface area contributed by atoms with Gasteiger partial charge in [-0.1, -0.05) is 6.42 Å². The van der Waals surface area contributed by atoms with Crippen molar-refractivity contribution in [3.8, 4) is 0 Å². The zero-order valence-corrected chi connectivity index (χ0v) is 14.2. The summed E-state index contributed by atoms with van der Waals surface area (Å²) in [4.78, 5) is 33.6. The van der Waals surface area contributed by atoms with E-state index in [2.05, 4.69) is 20.6 Å². The van der Waals surface area contributed by atoms with E-state index in [1.54, 1.807) is 0 Å². The maximum atomic E-state index is 13.2. The number of nitrogens with two attached hydrogens (primary N) is 1. The van der Waals surface area contributed by atoms with Gasteiger partial charge >= 0.3 is 0 Å². The number of nitrogens with one attached hydrogen (secondary N) is 2. The number of aliphatic hydroxyl groups excluding tert-OH is 1. The fourth-order valence-corrected chi connectivity index (χ4v) is 3.93. The largest absolute Gasteiger partial charge is 0.392 e. The number of carbonyl (C=O) groups is 1. The van der Waals surface area contributed by atoms with Gasteiger partial charge in [0.25, 0.3) is 11.5 Å². The molecule has 0 radical (unpaired) electrons. The minimum atomic E-state index is -0.714. The summed E-state index contributed by atoms with van der Waals surface area (Å²) >= 11 is 0. The van der Waals surface area contributed by atoms with Crippen LogP contribution in [-0.4, -0.2) is 25.5 Å². The van der Waals surface area contributed by atoms with Crippen molar-refractivity contribution >= 4 is 23.2 Å². The Morgan fingerprint density at radius 2 is 2.00 bits per heavy atom. The van der Waals surface area contributed by atoms with Gasteiger partial charge in [0.2, 0.25) is 0 Å². The Morgan fingerprint density at radius 1 is 1.23 bits per heavy atom. The zero-order valence-electron chi connectivity index (χ0n) is 14.2. The Hall–Kier alpha value is -2.94. The van der Waals surface area contributed by atoms with Gasteiger partial charge < -0.3 is 21.5 Å². The van der Waals surface area contributed by atoms with Crippen LogP contribution in [0.5, 0.6) is 0 Å². The summed E-state index contributed by atoms with van der Waals surface area (Å²) in [5, 5.41) is 15.7. The number of amides is 1. The van der Waals surface area contributed by atoms with Crippen LogP contribution in [0.25, 0.3) is 0 Å². The van der Waals surface area contributed by atoms with Gasteiger partial charge in [-0.15, -0.1) is 0 Å². The van der Waals surface area contributed by atoms with E-state index >= 15 is 0 Å². The normalized spacial score (nSPS) is 17.8. The molecule has 1 saturated carbocycles. The van der Waals surface area contributed by atoms with Crippen molar-refractivity contribution in [3.63, 3.8) is 0 Å². The molecule has 0 unspecified atom stereocenters. The van der Waals surface area contributed by atoms with Crippen LogP contribution in [0.4, 0.5) is 17.3 Å². The topological polar surface area (TPSA) is 135 Å². The molecule has 0 bridgehead atoms. The molecule has 2 aliphatic rings. The second kappa shape index (κ2) is 6.10. The van der Waals surface area contributed by atoms with Gasteiger partial charge in [0.15, 0.2) is 0 Å². The van der Waals surface area contributed by atoms with Gasteiger partial charge in [-0.3, -0.25) is 14.2 Å². The fraction of sp³-hybridized carbons (Fsp3) is 0.412. The first-order valence-corrected chi connectivity index (χ1v) is 8.61. The van der Waals surface area contributed by atoms with Crippen molar-refractivity contribution in [1.82, 2.24) is 19.9 Å². The molecule has 9 heteroatoms. The predicted molar refractivity (Wildman–Crippen MR) is 94.9 cm³/mol. The number of nitrogens with zero attached hydrogens (tertiary/aromatic N) is 3. The monoisotopic (exact) mass is 356 g/mol. The predicted octanol–water partition coefficient (Wildman–Crippen LogP) is 0.817. The molecule has 3 heterocycles. The minimum absolute atomic E-state index is 0.234. The van der Waals surface area contributed by atoms with Gasteiger partial charge in [-0.05, 0) is 31.7 Å². The van der Waals surface area contributed by atoms with E-state index in [1.165, 1.54) is 23.0 Å². The standard InChI is InChI=1S/C17H20N6O3/c18-12-7-13(20-9-19-12)21-11-6-10(8-24)14-15(25)22-17(23(14)16(11)26)4-2-1-3-5-17/h6-7,9,24H,1-5,8H2,(H,22,25)(H3,18,19,20,21). The summed E-state index contributed by atoms with van der Waals surface area (Å²) in [7, 11) is 0. The zero-order chi connectivity index (χ0) is 18.3. The molecule has 1 aliphatic heterocycles. The van der Waals surface area contributed by atoms with Crippen molar-refractivity contribution in [2.24, 2.45) is 0 Å². The van der Waals surface area contributed by atoms with E-state index in [9.17, 15) is 14.7 Å². The molecule has 1 aliphatic carbocycles. The van der Waals surface area contributed by atoms with E-state index < -0.39 is 5.66 Å². The van der Waals surface area contributed by atoms with Gasteiger partial charge in [0.05, 0.1) is 6.61 Å². The van der Waals surface area contributed by atoms with Crippen LogP contribution >= 0.6 is 0 Å². The van der Waals surface area contributed by atoms with Crippen molar-refractivity contribution in [1.29, 1.82) is 0 Å². The second-order valence-electron chi connectivity index (χ2n) is 6.73. The number of pyridine rings is 1. The molecule has 5 N–H and O–H groups in total. The highest BCUT2D eigenvalue weighted by molar-refractivity contribution is 5.97. The molecule has 2 aromatic rings. The van der Waals surface area contributed by atoms with E-state index in [-0.39, 0.29) is 35.3 Å². The first kappa shape index (κ1) is 16.5. The quantitative estimate of drug-likeness (QED) is 0.639. The molecule has 1 amide bonds. The number of nitrogen functional groups attached to an aromatic ring is 1. The van der Waals surface area contributed by atoms with Crippen LogP contribution in [0, 0.1) is 0 Å². The first-order valence-electron chi connectivity index (χ1n) is 8.61. The summed E-state index contributed by atoms with van der Waals surface area (Å²) in [6, 6.07) is 3.00. The van der Waals surface area contributed by atoms with Crippen LogP contribution in [0.1, 0.15) is 48.2 Å². The number of aromatic nitrogens is 3. The Morgan fingerprint density at radius 3 is 2.69 bits per heavy atom. The summed E-state index contributed by atoms with van der Waals surface area (Å²) in [6.45, 7) is -0.348. The van der Waals surface area contributed by atoms with Crippen LogP contribution in [0.3, 0.4) is 0 Å². The molecule has 1 fully saturated rings. The molecule has 26 heavy (non-hydrogen) atoms. The SMILES string of the molecule is Nc1cc(Nc2cc(CO)c3n(c2=O)C2(CCCCC2)NC3=O)ncn1. The number of fused-ring (bicyclic) bond motifs is 2. The Kier molecular flexibility index (Phi) is 3.87. The summed E-state index contributed by atoms with van der Waals surface area (Å²) in [6.07, 6.45) is 5.62. The van der Waals surface area contributed by atoms with Crippen LogP contribution in [0.2, 0.25) is 0 Å². The molecule has 4 rings (SSSR count). The highest BCUT2D eigenvalue weighted by atomic mass is 16.3. The summed E-state index contributed by atoms with van der Waals surface area (Å²) in [5.41, 5.74) is 5.49. The highest BCUT2D eigenvalue weighted by Gasteiger charge is 2.45. The number of carbonyl (C=O) groups excluding carboxylic acids is 1. The molecule has 0 saturated heterocycles. The molecule has 0 aromatic carbocycles. The van der Waals surface area contributed by atoms with Crippen LogP contribution in [0.15, 0.2) is 23.3 Å². The number of anilines is 3. The second-order valence-corrected chi connectivity index (χ2v) is 6.73. The lowest BCUT2D eigenvalue weighted by Gasteiger charge is -2.35. The molecule has 0 atom stereocenters. The smallest absolute Gasteiger partial charge is 0.276 e. The van der Waals surface area contributed by atoms with Crippen molar-refractivity contribution < 1.29 is 9.90 Å². The fourth-order valence-electron chi connectivity index (χ4n) is 3.93. The number of rotatable bonds is 3. The molecular formula is C17H20N6O3. The molecular weight excluding hydrogens is 336 g/mol. The third kappa shape index (κ3) is 2.51. The maximum absolute atomic E-state index is 13.2. The third-order valence-electron chi connectivity index (χ3n) is 5.07. The van der Waals surface area contributed by atoms with Crippen LogP contribution in [-0.2, 0) is 12.3 Å². The first-order chi connectivity index (χ1) is 12.5. The van der Waals surface area contributed by atoms with Crippen LogP contribution < -0.4 is 21.9 Å². The molecule has 9 nitrogen and oxygen atoms in total. The van der Waals surface area contributed by atoms with Crippen molar-refractivity contribution in [3.05, 3.63) is 40.1 Å². The van der Waals surface area contributed by atoms with Crippen molar-refractivity contribution in [2.45, 2.75) is 44.4 Å². The lowest BCUT2D eigenvalue weighted by Crippen LogP contribution is -2.48. The number of hydrogen-bond donors (Lipinski definition) is 4. The number of aliphatic hydroxyl groups is 1. The van der Waals surface area contributed by atoms with E-state index in [0.717, 1.165) is 19.3 Å². The minimum Gasteiger partial charge on any atom is -0.392 e. The van der Waals surface area contributed by atoms with Gasteiger partial charge in [0.1, 0.15) is 35.0 Å². The Labute approximate surface area is 149 Å². The van der Waals surface area contributed by atoms with E-state index in [0.29, 0.717) is 24.2 Å². The highest BCUT2D eigenvalue weighted by Crippen LogP contribution is 2.37. The van der Waals surface area contributed by atoms with E-state index in [1.807, 2.05) is 0 Å². The molecule has 2 aromatic heterocycles. The number of hydrogen-bond acceptors (Lipinski definition) is 7. The molecule has 1 spiro atoms.